The van der Waals surface area contributed by atoms with Crippen molar-refractivity contribution in [3.8, 4) is 11.5 Å². The van der Waals surface area contributed by atoms with Gasteiger partial charge in [-0.15, -0.1) is 0 Å². The smallest absolute Gasteiger partial charge is 0.363 e. The maximum absolute atomic E-state index is 11.0. The van der Waals surface area contributed by atoms with Crippen molar-refractivity contribution < 1.29 is 14.5 Å². The minimum atomic E-state index is -0.579. The molecule has 1 aromatic carbocycles. The van der Waals surface area contributed by atoms with Gasteiger partial charge in [0, 0.05) is 19.1 Å². The van der Waals surface area contributed by atoms with Crippen LogP contribution in [0.2, 0.25) is 0 Å². The Morgan fingerprint density at radius 1 is 1.30 bits per heavy atom. The van der Waals surface area contributed by atoms with Crippen molar-refractivity contribution in [2.24, 2.45) is 0 Å². The van der Waals surface area contributed by atoms with Gasteiger partial charge in [-0.3, -0.25) is 10.1 Å². The predicted molar refractivity (Wildman–Crippen MR) is 81.4 cm³/mol. The van der Waals surface area contributed by atoms with Gasteiger partial charge in [0.15, 0.2) is 11.9 Å². The normalized spacial score (nSPS) is 10.5. The van der Waals surface area contributed by atoms with Crippen molar-refractivity contribution in [1.29, 1.82) is 0 Å². The van der Waals surface area contributed by atoms with E-state index in [1.165, 1.54) is 25.3 Å². The van der Waals surface area contributed by atoms with E-state index < -0.39 is 4.92 Å². The van der Waals surface area contributed by atoms with E-state index in [4.69, 9.17) is 4.74 Å². The zero-order chi connectivity index (χ0) is 16.4. The van der Waals surface area contributed by atoms with Gasteiger partial charge in [0.2, 0.25) is 11.9 Å². The van der Waals surface area contributed by atoms with Crippen molar-refractivity contribution in [3.05, 3.63) is 46.6 Å². The summed E-state index contributed by atoms with van der Waals surface area (Å²) in [5.74, 6) is 0.753. The number of amides is 1. The summed E-state index contributed by atoms with van der Waals surface area (Å²) in [5.41, 5.74) is 1.35. The molecule has 1 amide bonds. The van der Waals surface area contributed by atoms with Gasteiger partial charge in [-0.25, -0.2) is 4.98 Å². The van der Waals surface area contributed by atoms with Crippen LogP contribution in [0.25, 0.3) is 11.0 Å². The lowest BCUT2D eigenvalue weighted by atomic mass is 10.3. The predicted octanol–water partition coefficient (Wildman–Crippen LogP) is 2.62. The number of imidazole rings is 1. The van der Waals surface area contributed by atoms with Crippen LogP contribution in [0.4, 0.5) is 11.8 Å². The molecule has 116 valence electrons. The van der Waals surface area contributed by atoms with Crippen LogP contribution >= 0.6 is 0 Å². The number of nitrogens with zero attached hydrogens (tertiary/aromatic N) is 3. The van der Waals surface area contributed by atoms with E-state index in [0.29, 0.717) is 28.5 Å². The lowest BCUT2D eigenvalue weighted by molar-refractivity contribution is -0.389. The van der Waals surface area contributed by atoms with Crippen molar-refractivity contribution in [1.82, 2.24) is 15.0 Å². The molecule has 3 rings (SSSR count). The Hall–Kier alpha value is -3.49. The number of H-pyrrole nitrogens is 1. The molecule has 0 aliphatic carbocycles. The van der Waals surface area contributed by atoms with E-state index in [1.54, 1.807) is 18.2 Å². The third kappa shape index (κ3) is 3.23. The second-order valence-corrected chi connectivity index (χ2v) is 4.66. The number of nitrogens with one attached hydrogen (secondary N) is 2. The second-order valence-electron chi connectivity index (χ2n) is 4.66. The molecule has 0 atom stereocenters. The summed E-state index contributed by atoms with van der Waals surface area (Å²) in [5, 5.41) is 13.1. The van der Waals surface area contributed by atoms with Crippen LogP contribution in [-0.2, 0) is 4.79 Å². The summed E-state index contributed by atoms with van der Waals surface area (Å²) >= 11 is 0. The van der Waals surface area contributed by atoms with Gasteiger partial charge in [-0.05, 0) is 28.1 Å². The first-order valence-electron chi connectivity index (χ1n) is 6.57. The van der Waals surface area contributed by atoms with Gasteiger partial charge in [0.1, 0.15) is 5.75 Å². The fourth-order valence-electron chi connectivity index (χ4n) is 1.96. The highest BCUT2D eigenvalue weighted by Crippen LogP contribution is 2.25. The molecule has 0 fully saturated rings. The molecule has 0 saturated heterocycles. The number of anilines is 1. The number of aromatic nitrogens is 3. The lowest BCUT2D eigenvalue weighted by Gasteiger charge is -2.03. The zero-order valence-electron chi connectivity index (χ0n) is 11.9. The molecule has 9 nitrogen and oxygen atoms in total. The first-order chi connectivity index (χ1) is 11.0. The number of aromatic amines is 1. The number of hydrogen-bond acceptors (Lipinski definition) is 6. The number of fused-ring (bicyclic) bond motifs is 1. The fourth-order valence-corrected chi connectivity index (χ4v) is 1.96. The standard InChI is InChI=1S/C14H11N5O4/c1-8(20)16-14-17-11-4-2-9(6-12(11)18-14)23-10-3-5-13(15-7-10)19(21)22/h2-7H,1H3,(H2,16,17,18,20). The molecular formula is C14H11N5O4. The van der Waals surface area contributed by atoms with E-state index in [-0.39, 0.29) is 11.7 Å². The van der Waals surface area contributed by atoms with Gasteiger partial charge in [-0.2, -0.15) is 0 Å². The zero-order valence-corrected chi connectivity index (χ0v) is 11.9. The number of carbonyl (C=O) groups is 1. The number of pyridine rings is 1. The Labute approximate surface area is 129 Å². The molecular weight excluding hydrogens is 302 g/mol. The minimum Gasteiger partial charge on any atom is -0.453 e. The third-order valence-corrected chi connectivity index (χ3v) is 2.89. The Bertz CT molecular complexity index is 888. The molecule has 0 bridgehead atoms. The van der Waals surface area contributed by atoms with Crippen molar-refractivity contribution in [3.63, 3.8) is 0 Å². The monoisotopic (exact) mass is 313 g/mol. The summed E-state index contributed by atoms with van der Waals surface area (Å²) < 4.78 is 5.59. The summed E-state index contributed by atoms with van der Waals surface area (Å²) in [6, 6.07) is 7.85. The third-order valence-electron chi connectivity index (χ3n) is 2.89. The summed E-state index contributed by atoms with van der Waals surface area (Å²) in [6.07, 6.45) is 1.28. The Kier molecular flexibility index (Phi) is 3.59. The van der Waals surface area contributed by atoms with E-state index in [1.807, 2.05) is 0 Å². The van der Waals surface area contributed by atoms with Crippen LogP contribution in [-0.4, -0.2) is 25.8 Å². The molecule has 2 heterocycles. The van der Waals surface area contributed by atoms with Crippen molar-refractivity contribution >= 4 is 28.7 Å². The number of rotatable bonds is 4. The van der Waals surface area contributed by atoms with Crippen LogP contribution in [0.15, 0.2) is 36.5 Å². The highest BCUT2D eigenvalue weighted by molar-refractivity contribution is 5.89. The van der Waals surface area contributed by atoms with Gasteiger partial charge >= 0.3 is 5.82 Å². The summed E-state index contributed by atoms with van der Waals surface area (Å²) in [6.45, 7) is 1.39. The molecule has 0 unspecified atom stereocenters. The molecule has 0 radical (unpaired) electrons. The molecule has 0 aliphatic rings. The fraction of sp³-hybridized carbons (Fsp3) is 0.0714. The average molecular weight is 313 g/mol. The first kappa shape index (κ1) is 14.4. The minimum absolute atomic E-state index is 0.225. The van der Waals surface area contributed by atoms with E-state index in [9.17, 15) is 14.9 Å². The average Bonchev–Trinajstić information content (AvgIpc) is 2.88. The van der Waals surface area contributed by atoms with Gasteiger partial charge in [0.05, 0.1) is 11.0 Å². The molecule has 3 aromatic rings. The van der Waals surface area contributed by atoms with Crippen LogP contribution in [0.1, 0.15) is 6.92 Å². The topological polar surface area (TPSA) is 123 Å². The Morgan fingerprint density at radius 3 is 2.74 bits per heavy atom. The van der Waals surface area contributed by atoms with Gasteiger partial charge < -0.3 is 19.8 Å². The molecule has 9 heteroatoms. The Morgan fingerprint density at radius 2 is 2.09 bits per heavy atom. The quantitative estimate of drug-likeness (QED) is 0.563. The number of benzene rings is 1. The van der Waals surface area contributed by atoms with Crippen LogP contribution < -0.4 is 10.1 Å². The maximum atomic E-state index is 11.0. The van der Waals surface area contributed by atoms with E-state index in [0.717, 1.165) is 0 Å². The van der Waals surface area contributed by atoms with E-state index >= 15 is 0 Å². The van der Waals surface area contributed by atoms with Crippen molar-refractivity contribution in [2.75, 3.05) is 5.32 Å². The molecule has 0 aliphatic heterocycles. The molecule has 2 N–H and O–H groups in total. The summed E-state index contributed by atoms with van der Waals surface area (Å²) in [4.78, 5) is 31.8. The Balaban J connectivity index is 1.82. The molecule has 0 saturated carbocycles. The highest BCUT2D eigenvalue weighted by Gasteiger charge is 2.09. The first-order valence-corrected chi connectivity index (χ1v) is 6.57. The SMILES string of the molecule is CC(=O)Nc1nc2ccc(Oc3ccc([N+](=O)[O-])nc3)cc2[nH]1. The summed E-state index contributed by atoms with van der Waals surface area (Å²) in [7, 11) is 0. The number of carbonyl (C=O) groups excluding carboxylic acids is 1. The molecule has 2 aromatic heterocycles. The number of hydrogen-bond donors (Lipinski definition) is 2. The lowest BCUT2D eigenvalue weighted by Crippen LogP contribution is -2.06. The van der Waals surface area contributed by atoms with Crippen LogP contribution in [0.3, 0.4) is 0 Å². The second kappa shape index (κ2) is 5.72. The molecule has 23 heavy (non-hydrogen) atoms. The van der Waals surface area contributed by atoms with Crippen LogP contribution in [0, 0.1) is 10.1 Å². The van der Waals surface area contributed by atoms with Crippen LogP contribution in [0.5, 0.6) is 11.5 Å². The number of ether oxygens (including phenoxy) is 1. The maximum Gasteiger partial charge on any atom is 0.363 e. The van der Waals surface area contributed by atoms with Gasteiger partial charge in [-0.1, -0.05) is 0 Å². The van der Waals surface area contributed by atoms with Crippen molar-refractivity contribution in [2.45, 2.75) is 6.92 Å². The van der Waals surface area contributed by atoms with E-state index in [2.05, 4.69) is 20.3 Å². The number of nitro groups is 1. The highest BCUT2D eigenvalue weighted by atomic mass is 16.6. The largest absolute Gasteiger partial charge is 0.453 e. The van der Waals surface area contributed by atoms with Gasteiger partial charge in [0.25, 0.3) is 0 Å². The molecule has 0 spiro atoms.